The van der Waals surface area contributed by atoms with Crippen LogP contribution in [0.4, 0.5) is 0 Å². The summed E-state index contributed by atoms with van der Waals surface area (Å²) in [6, 6.07) is 8.96. The molecule has 0 aromatic heterocycles. The average molecular weight is 283 g/mol. The number of benzene rings is 1. The molecule has 112 valence electrons. The van der Waals surface area contributed by atoms with Crippen molar-refractivity contribution in [1.82, 2.24) is 0 Å². The van der Waals surface area contributed by atoms with E-state index in [0.717, 1.165) is 37.5 Å². The van der Waals surface area contributed by atoms with Crippen molar-refractivity contribution in [2.75, 3.05) is 0 Å². The van der Waals surface area contributed by atoms with Gasteiger partial charge >= 0.3 is 0 Å². The maximum Gasteiger partial charge on any atom is 0.235 e. The van der Waals surface area contributed by atoms with Crippen LogP contribution in [0.5, 0.6) is 0 Å². The van der Waals surface area contributed by atoms with Crippen molar-refractivity contribution in [2.24, 2.45) is 10.9 Å². The van der Waals surface area contributed by atoms with E-state index in [1.807, 2.05) is 0 Å². The van der Waals surface area contributed by atoms with Gasteiger partial charge in [0.05, 0.1) is 5.54 Å². The van der Waals surface area contributed by atoms with Gasteiger partial charge in [0.1, 0.15) is 0 Å². The summed E-state index contributed by atoms with van der Waals surface area (Å²) in [6.07, 6.45) is 11.4. The molecule has 2 fully saturated rings. The van der Waals surface area contributed by atoms with Crippen LogP contribution in [0.3, 0.4) is 0 Å². The van der Waals surface area contributed by atoms with Gasteiger partial charge in [-0.05, 0) is 48.6 Å². The number of rotatable bonds is 3. The fourth-order valence-electron chi connectivity index (χ4n) is 4.17. The predicted molar refractivity (Wildman–Crippen MR) is 85.1 cm³/mol. The minimum Gasteiger partial charge on any atom is -0.211 e. The van der Waals surface area contributed by atoms with Crippen LogP contribution < -0.4 is 0 Å². The number of isocyanates is 1. The van der Waals surface area contributed by atoms with Crippen LogP contribution in [0.25, 0.3) is 0 Å². The molecule has 0 N–H and O–H groups in total. The molecule has 0 saturated heterocycles. The molecule has 2 saturated carbocycles. The zero-order valence-corrected chi connectivity index (χ0v) is 13.0. The lowest BCUT2D eigenvalue weighted by Gasteiger charge is -2.27. The third-order valence-electron chi connectivity index (χ3n) is 5.63. The number of hydrogen-bond acceptors (Lipinski definition) is 2. The van der Waals surface area contributed by atoms with Gasteiger partial charge in [-0.25, -0.2) is 4.79 Å². The van der Waals surface area contributed by atoms with Crippen LogP contribution in [0.1, 0.15) is 75.3 Å². The Kier molecular flexibility index (Phi) is 4.26. The van der Waals surface area contributed by atoms with Gasteiger partial charge in [0.15, 0.2) is 0 Å². The molecule has 1 aromatic carbocycles. The van der Waals surface area contributed by atoms with Crippen molar-refractivity contribution in [2.45, 2.75) is 69.7 Å². The monoisotopic (exact) mass is 283 g/mol. The molecule has 0 aliphatic heterocycles. The number of aliphatic imine (C=N–C) groups is 1. The van der Waals surface area contributed by atoms with Crippen molar-refractivity contribution in [3.05, 3.63) is 35.4 Å². The molecule has 2 heteroatoms. The maximum absolute atomic E-state index is 10.8. The first kappa shape index (κ1) is 14.5. The van der Waals surface area contributed by atoms with Gasteiger partial charge in [0.25, 0.3) is 0 Å². The van der Waals surface area contributed by atoms with E-state index in [0.29, 0.717) is 0 Å². The van der Waals surface area contributed by atoms with E-state index in [2.05, 4.69) is 36.2 Å². The van der Waals surface area contributed by atoms with Gasteiger partial charge in [0, 0.05) is 0 Å². The molecule has 0 unspecified atom stereocenters. The number of nitrogens with zero attached hydrogens (tertiary/aromatic N) is 1. The molecule has 2 aliphatic rings. The van der Waals surface area contributed by atoms with E-state index in [-0.39, 0.29) is 5.54 Å². The van der Waals surface area contributed by atoms with Crippen LogP contribution in [0, 0.1) is 5.92 Å². The molecule has 0 atom stereocenters. The molecular weight excluding hydrogens is 258 g/mol. The van der Waals surface area contributed by atoms with Gasteiger partial charge < -0.3 is 0 Å². The zero-order chi connectivity index (χ0) is 14.7. The first-order chi connectivity index (χ1) is 10.2. The smallest absolute Gasteiger partial charge is 0.211 e. The summed E-state index contributed by atoms with van der Waals surface area (Å²) in [7, 11) is 0. The summed E-state index contributed by atoms with van der Waals surface area (Å²) < 4.78 is 0. The summed E-state index contributed by atoms with van der Waals surface area (Å²) in [5.74, 6) is 1.62. The third kappa shape index (κ3) is 2.96. The van der Waals surface area contributed by atoms with E-state index >= 15 is 0 Å². The number of carbonyl (C=O) groups excluding carboxylic acids is 1. The van der Waals surface area contributed by atoms with Gasteiger partial charge in [-0.3, -0.25) is 0 Å². The van der Waals surface area contributed by atoms with Crippen LogP contribution in [-0.4, -0.2) is 6.08 Å². The van der Waals surface area contributed by atoms with Crippen molar-refractivity contribution in [3.8, 4) is 0 Å². The number of hydrogen-bond donors (Lipinski definition) is 0. The highest BCUT2D eigenvalue weighted by molar-refractivity contribution is 5.39. The predicted octanol–water partition coefficient (Wildman–Crippen LogP) is 5.09. The van der Waals surface area contributed by atoms with Crippen molar-refractivity contribution < 1.29 is 4.79 Å². The Morgan fingerprint density at radius 2 is 1.67 bits per heavy atom. The Bertz CT molecular complexity index is 513. The van der Waals surface area contributed by atoms with E-state index in [4.69, 9.17) is 0 Å². The Morgan fingerprint density at radius 1 is 1.05 bits per heavy atom. The summed E-state index contributed by atoms with van der Waals surface area (Å²) in [5, 5.41) is 0. The van der Waals surface area contributed by atoms with E-state index in [1.165, 1.54) is 36.8 Å². The molecule has 1 aromatic rings. The normalized spacial score (nSPS) is 28.0. The summed E-state index contributed by atoms with van der Waals surface area (Å²) in [5.41, 5.74) is 2.40. The second-order valence-electron chi connectivity index (χ2n) is 7.02. The van der Waals surface area contributed by atoms with E-state index in [1.54, 1.807) is 6.08 Å². The molecule has 0 spiro atoms. The highest BCUT2D eigenvalue weighted by Crippen LogP contribution is 2.43. The lowest BCUT2D eigenvalue weighted by Crippen LogP contribution is -2.19. The lowest BCUT2D eigenvalue weighted by atomic mass is 9.78. The van der Waals surface area contributed by atoms with Gasteiger partial charge in [-0.1, -0.05) is 56.9 Å². The molecule has 3 rings (SSSR count). The Balaban J connectivity index is 1.79. The third-order valence-corrected chi connectivity index (χ3v) is 5.63. The first-order valence-electron chi connectivity index (χ1n) is 8.43. The standard InChI is InChI=1S/C19H25NO/c1-15-4-6-16(7-5-15)17-8-10-18(11-9-17)19(20-14-21)12-2-3-13-19/h8-11,15-16H,2-7,12-13H2,1H3. The molecule has 21 heavy (non-hydrogen) atoms. The molecular formula is C19H25NO. The van der Waals surface area contributed by atoms with Crippen LogP contribution in [0.15, 0.2) is 29.3 Å². The van der Waals surface area contributed by atoms with Crippen molar-refractivity contribution in [1.29, 1.82) is 0 Å². The van der Waals surface area contributed by atoms with Crippen LogP contribution in [-0.2, 0) is 10.3 Å². The zero-order valence-electron chi connectivity index (χ0n) is 13.0. The highest BCUT2D eigenvalue weighted by Gasteiger charge is 2.35. The van der Waals surface area contributed by atoms with Gasteiger partial charge in [-0.15, -0.1) is 0 Å². The average Bonchev–Trinajstić information content (AvgIpc) is 2.98. The highest BCUT2D eigenvalue weighted by atomic mass is 16.1. The Hall–Kier alpha value is -1.40. The fourth-order valence-corrected chi connectivity index (χ4v) is 4.17. The molecule has 0 amide bonds. The SMILES string of the molecule is CC1CCC(c2ccc(C3(N=C=O)CCCC3)cc2)CC1. The fraction of sp³-hybridized carbons (Fsp3) is 0.632. The largest absolute Gasteiger partial charge is 0.235 e. The molecule has 0 heterocycles. The first-order valence-corrected chi connectivity index (χ1v) is 8.43. The minimum absolute atomic E-state index is 0.276. The van der Waals surface area contributed by atoms with Crippen molar-refractivity contribution >= 4 is 6.08 Å². The van der Waals surface area contributed by atoms with E-state index in [9.17, 15) is 4.79 Å². The summed E-state index contributed by atoms with van der Waals surface area (Å²) >= 11 is 0. The van der Waals surface area contributed by atoms with Crippen LogP contribution in [0.2, 0.25) is 0 Å². The minimum atomic E-state index is -0.276. The Morgan fingerprint density at radius 3 is 2.24 bits per heavy atom. The van der Waals surface area contributed by atoms with E-state index < -0.39 is 0 Å². The maximum atomic E-state index is 10.8. The molecule has 0 bridgehead atoms. The van der Waals surface area contributed by atoms with Crippen molar-refractivity contribution in [3.63, 3.8) is 0 Å². The summed E-state index contributed by atoms with van der Waals surface area (Å²) in [4.78, 5) is 15.0. The lowest BCUT2D eigenvalue weighted by molar-refractivity contribution is 0.348. The van der Waals surface area contributed by atoms with Crippen LogP contribution >= 0.6 is 0 Å². The topological polar surface area (TPSA) is 29.4 Å². The molecule has 0 radical (unpaired) electrons. The molecule has 2 aliphatic carbocycles. The Labute approximate surface area is 127 Å². The molecule has 2 nitrogen and oxygen atoms in total. The van der Waals surface area contributed by atoms with Gasteiger partial charge in [0.2, 0.25) is 6.08 Å². The quantitative estimate of drug-likeness (QED) is 0.561. The summed E-state index contributed by atoms with van der Waals surface area (Å²) in [6.45, 7) is 2.36. The second kappa shape index (κ2) is 6.15. The van der Waals surface area contributed by atoms with Gasteiger partial charge in [-0.2, -0.15) is 4.99 Å². The second-order valence-corrected chi connectivity index (χ2v) is 7.02.